The molecule has 2 aromatic rings. The van der Waals surface area contributed by atoms with Gasteiger partial charge in [-0.2, -0.15) is 0 Å². The third-order valence-electron chi connectivity index (χ3n) is 2.23. The van der Waals surface area contributed by atoms with Gasteiger partial charge in [-0.1, -0.05) is 6.92 Å². The van der Waals surface area contributed by atoms with E-state index in [0.29, 0.717) is 0 Å². The van der Waals surface area contributed by atoms with Crippen LogP contribution in [0.5, 0.6) is 5.75 Å². The first kappa shape index (κ1) is 9.77. The maximum atomic E-state index is 5.54. The van der Waals surface area contributed by atoms with Gasteiger partial charge in [0.2, 0.25) is 0 Å². The number of aromatic nitrogens is 1. The Morgan fingerprint density at radius 1 is 1.27 bits per heavy atom. The molecule has 1 heterocycles. The van der Waals surface area contributed by atoms with E-state index in [-0.39, 0.29) is 0 Å². The fourth-order valence-corrected chi connectivity index (χ4v) is 1.36. The lowest BCUT2D eigenvalue weighted by atomic mass is 10.2. The van der Waals surface area contributed by atoms with Gasteiger partial charge < -0.3 is 9.15 Å². The Hall–Kier alpha value is -1.77. The van der Waals surface area contributed by atoms with Crippen LogP contribution >= 0.6 is 0 Å². The second-order valence-electron chi connectivity index (χ2n) is 3.20. The third kappa shape index (κ3) is 2.01. The SMILES string of the molecule is CCc1ncc(-c2ccc(OC)cc2)o1. The van der Waals surface area contributed by atoms with Crippen LogP contribution in [0.15, 0.2) is 34.9 Å². The first-order chi connectivity index (χ1) is 7.33. The van der Waals surface area contributed by atoms with E-state index in [9.17, 15) is 0 Å². The molecule has 0 aliphatic carbocycles. The minimum atomic E-state index is 0.765. The quantitative estimate of drug-likeness (QED) is 0.769. The van der Waals surface area contributed by atoms with Crippen LogP contribution in [0.1, 0.15) is 12.8 Å². The Balaban J connectivity index is 2.28. The van der Waals surface area contributed by atoms with Crippen molar-refractivity contribution in [3.63, 3.8) is 0 Å². The number of oxazole rings is 1. The summed E-state index contributed by atoms with van der Waals surface area (Å²) in [6, 6.07) is 7.73. The maximum Gasteiger partial charge on any atom is 0.194 e. The fourth-order valence-electron chi connectivity index (χ4n) is 1.36. The van der Waals surface area contributed by atoms with E-state index in [4.69, 9.17) is 9.15 Å². The molecular formula is C12H13NO2. The number of aryl methyl sites for hydroxylation is 1. The summed E-state index contributed by atoms with van der Waals surface area (Å²) in [5.41, 5.74) is 1.02. The highest BCUT2D eigenvalue weighted by atomic mass is 16.5. The smallest absolute Gasteiger partial charge is 0.194 e. The molecule has 0 unspecified atom stereocenters. The molecule has 0 radical (unpaired) electrons. The summed E-state index contributed by atoms with van der Waals surface area (Å²) in [6.45, 7) is 2.02. The third-order valence-corrected chi connectivity index (χ3v) is 2.23. The molecule has 0 aliphatic heterocycles. The van der Waals surface area contributed by atoms with Crippen LogP contribution in [-0.4, -0.2) is 12.1 Å². The van der Waals surface area contributed by atoms with Crippen molar-refractivity contribution in [3.05, 3.63) is 36.4 Å². The molecule has 0 N–H and O–H groups in total. The van der Waals surface area contributed by atoms with Gasteiger partial charge in [0.15, 0.2) is 11.7 Å². The molecule has 3 nitrogen and oxygen atoms in total. The average Bonchev–Trinajstić information content (AvgIpc) is 2.78. The maximum absolute atomic E-state index is 5.54. The molecular weight excluding hydrogens is 190 g/mol. The van der Waals surface area contributed by atoms with Gasteiger partial charge in [-0.05, 0) is 24.3 Å². The van der Waals surface area contributed by atoms with Gasteiger partial charge in [0.1, 0.15) is 5.75 Å². The Bertz CT molecular complexity index is 431. The molecule has 1 aromatic heterocycles. The molecule has 78 valence electrons. The molecule has 0 amide bonds. The summed E-state index contributed by atoms with van der Waals surface area (Å²) in [4.78, 5) is 4.16. The molecule has 2 rings (SSSR count). The van der Waals surface area contributed by atoms with Gasteiger partial charge in [-0.15, -0.1) is 0 Å². The van der Waals surface area contributed by atoms with Gasteiger partial charge in [0.25, 0.3) is 0 Å². The summed E-state index contributed by atoms with van der Waals surface area (Å²) in [6.07, 6.45) is 2.57. The van der Waals surface area contributed by atoms with Crippen LogP contribution in [-0.2, 0) is 6.42 Å². The molecule has 0 bridgehead atoms. The van der Waals surface area contributed by atoms with Crippen molar-refractivity contribution in [1.29, 1.82) is 0 Å². The Labute approximate surface area is 88.7 Å². The van der Waals surface area contributed by atoms with Gasteiger partial charge in [-0.25, -0.2) is 4.98 Å². The van der Waals surface area contributed by atoms with E-state index >= 15 is 0 Å². The Morgan fingerprint density at radius 3 is 2.53 bits per heavy atom. The zero-order valence-corrected chi connectivity index (χ0v) is 8.86. The fraction of sp³-hybridized carbons (Fsp3) is 0.250. The van der Waals surface area contributed by atoms with Crippen molar-refractivity contribution in [2.24, 2.45) is 0 Å². The van der Waals surface area contributed by atoms with E-state index in [1.807, 2.05) is 31.2 Å². The van der Waals surface area contributed by atoms with E-state index in [2.05, 4.69) is 4.98 Å². The highest BCUT2D eigenvalue weighted by Crippen LogP contribution is 2.22. The van der Waals surface area contributed by atoms with Crippen LogP contribution in [0.25, 0.3) is 11.3 Å². The molecule has 0 saturated carbocycles. The molecule has 0 saturated heterocycles. The lowest BCUT2D eigenvalue weighted by molar-refractivity contribution is 0.415. The summed E-state index contributed by atoms with van der Waals surface area (Å²) >= 11 is 0. The van der Waals surface area contributed by atoms with E-state index in [0.717, 1.165) is 29.4 Å². The molecule has 1 aromatic carbocycles. The number of hydrogen-bond acceptors (Lipinski definition) is 3. The zero-order valence-electron chi connectivity index (χ0n) is 8.86. The monoisotopic (exact) mass is 203 g/mol. The van der Waals surface area contributed by atoms with Crippen LogP contribution in [0.4, 0.5) is 0 Å². The van der Waals surface area contributed by atoms with Crippen molar-refractivity contribution in [1.82, 2.24) is 4.98 Å². The summed E-state index contributed by atoms with van der Waals surface area (Å²) in [5, 5.41) is 0. The van der Waals surface area contributed by atoms with Crippen LogP contribution in [0, 0.1) is 0 Å². The summed E-state index contributed by atoms with van der Waals surface area (Å²) in [7, 11) is 1.65. The van der Waals surface area contributed by atoms with Crippen molar-refractivity contribution in [2.45, 2.75) is 13.3 Å². The number of hydrogen-bond donors (Lipinski definition) is 0. The van der Waals surface area contributed by atoms with E-state index in [1.54, 1.807) is 13.3 Å². The lowest BCUT2D eigenvalue weighted by Gasteiger charge is -1.99. The Morgan fingerprint density at radius 2 is 2.00 bits per heavy atom. The Kier molecular flexibility index (Phi) is 2.72. The minimum absolute atomic E-state index is 0.765. The number of methoxy groups -OCH3 is 1. The number of nitrogens with zero attached hydrogens (tertiary/aromatic N) is 1. The van der Waals surface area contributed by atoms with Gasteiger partial charge in [0.05, 0.1) is 13.3 Å². The number of ether oxygens (including phenoxy) is 1. The topological polar surface area (TPSA) is 35.3 Å². The van der Waals surface area contributed by atoms with Gasteiger partial charge in [-0.3, -0.25) is 0 Å². The molecule has 15 heavy (non-hydrogen) atoms. The minimum Gasteiger partial charge on any atom is -0.497 e. The summed E-state index contributed by atoms with van der Waals surface area (Å²) < 4.78 is 10.6. The number of benzene rings is 1. The van der Waals surface area contributed by atoms with Gasteiger partial charge in [0, 0.05) is 12.0 Å². The highest BCUT2D eigenvalue weighted by Gasteiger charge is 2.04. The summed E-state index contributed by atoms with van der Waals surface area (Å²) in [5.74, 6) is 2.41. The lowest BCUT2D eigenvalue weighted by Crippen LogP contribution is -1.81. The molecule has 0 fully saturated rings. The predicted molar refractivity (Wildman–Crippen MR) is 57.9 cm³/mol. The van der Waals surface area contributed by atoms with Crippen LogP contribution in [0.2, 0.25) is 0 Å². The second-order valence-corrected chi connectivity index (χ2v) is 3.20. The molecule has 0 aliphatic rings. The molecule has 3 heteroatoms. The van der Waals surface area contributed by atoms with Crippen molar-refractivity contribution in [3.8, 4) is 17.1 Å². The molecule has 0 atom stereocenters. The van der Waals surface area contributed by atoms with Crippen molar-refractivity contribution in [2.75, 3.05) is 7.11 Å². The number of rotatable bonds is 3. The van der Waals surface area contributed by atoms with Gasteiger partial charge >= 0.3 is 0 Å². The second kappa shape index (κ2) is 4.17. The van der Waals surface area contributed by atoms with Crippen molar-refractivity contribution < 1.29 is 9.15 Å². The first-order valence-corrected chi connectivity index (χ1v) is 4.92. The molecule has 0 spiro atoms. The predicted octanol–water partition coefficient (Wildman–Crippen LogP) is 2.91. The standard InChI is InChI=1S/C12H13NO2/c1-3-12-13-8-11(15-12)9-4-6-10(14-2)7-5-9/h4-8H,3H2,1-2H3. The van der Waals surface area contributed by atoms with Crippen LogP contribution < -0.4 is 4.74 Å². The zero-order chi connectivity index (χ0) is 10.7. The van der Waals surface area contributed by atoms with Crippen LogP contribution in [0.3, 0.4) is 0 Å². The average molecular weight is 203 g/mol. The first-order valence-electron chi connectivity index (χ1n) is 4.92. The largest absolute Gasteiger partial charge is 0.497 e. The van der Waals surface area contributed by atoms with E-state index in [1.165, 1.54) is 0 Å². The highest BCUT2D eigenvalue weighted by molar-refractivity contribution is 5.57. The van der Waals surface area contributed by atoms with Crippen molar-refractivity contribution >= 4 is 0 Å². The van der Waals surface area contributed by atoms with E-state index < -0.39 is 0 Å². The normalized spacial score (nSPS) is 10.3.